The molecule has 2 N–H and O–H groups in total. The summed E-state index contributed by atoms with van der Waals surface area (Å²) in [5.74, 6) is 1.01. The second kappa shape index (κ2) is 6.04. The highest BCUT2D eigenvalue weighted by Gasteiger charge is 2.10. The van der Waals surface area contributed by atoms with Gasteiger partial charge in [0.05, 0.1) is 0 Å². The van der Waals surface area contributed by atoms with Crippen LogP contribution >= 0.6 is 0 Å². The first-order valence-electron chi connectivity index (χ1n) is 6.60. The van der Waals surface area contributed by atoms with E-state index in [0.29, 0.717) is 24.7 Å². The minimum atomic E-state index is -0.521. The first-order chi connectivity index (χ1) is 10.7. The smallest absolute Gasteiger partial charge is 0.358 e. The summed E-state index contributed by atoms with van der Waals surface area (Å²) < 4.78 is 1.64. The lowest BCUT2D eigenvalue weighted by atomic mass is 10.3. The number of aryl methyl sites for hydroxylation is 2. The summed E-state index contributed by atoms with van der Waals surface area (Å²) in [6.45, 7) is 0.529. The van der Waals surface area contributed by atoms with Gasteiger partial charge in [-0.15, -0.1) is 5.10 Å². The average Bonchev–Trinajstić information content (AvgIpc) is 3.15. The van der Waals surface area contributed by atoms with Gasteiger partial charge in [-0.25, -0.2) is 0 Å². The van der Waals surface area contributed by atoms with E-state index in [1.54, 1.807) is 4.57 Å². The molecule has 3 rings (SSSR count). The molecular weight excluding hydrogens is 286 g/mol. The van der Waals surface area contributed by atoms with E-state index in [1.807, 2.05) is 30.3 Å². The number of imidazole rings is 1. The van der Waals surface area contributed by atoms with Gasteiger partial charge in [0.15, 0.2) is 0 Å². The van der Waals surface area contributed by atoms with Crippen molar-refractivity contribution in [3.05, 3.63) is 58.8 Å². The van der Waals surface area contributed by atoms with Gasteiger partial charge < -0.3 is 20.0 Å². The van der Waals surface area contributed by atoms with E-state index in [-0.39, 0.29) is 5.82 Å². The predicted molar refractivity (Wildman–Crippen MR) is 78.7 cm³/mol. The molecule has 9 heteroatoms. The van der Waals surface area contributed by atoms with Gasteiger partial charge in [0.25, 0.3) is 0 Å². The van der Waals surface area contributed by atoms with Crippen LogP contribution in [0.5, 0.6) is 0 Å². The molecule has 3 aromatic rings. The molecule has 0 saturated heterocycles. The molecule has 0 aliphatic carbocycles. The van der Waals surface area contributed by atoms with Crippen molar-refractivity contribution in [3.8, 4) is 0 Å². The zero-order valence-corrected chi connectivity index (χ0v) is 11.5. The van der Waals surface area contributed by atoms with Gasteiger partial charge in [0.1, 0.15) is 12.0 Å². The number of hydrogen-bond donors (Lipinski definition) is 2. The highest BCUT2D eigenvalue weighted by molar-refractivity contribution is 5.52. The fraction of sp³-hybridized carbons (Fsp3) is 0.154. The van der Waals surface area contributed by atoms with Crippen LogP contribution in [0.15, 0.2) is 42.9 Å². The number of para-hydroxylation sites is 1. The molecule has 1 aromatic carbocycles. The van der Waals surface area contributed by atoms with Crippen LogP contribution < -0.4 is 5.32 Å². The summed E-state index contributed by atoms with van der Waals surface area (Å²) in [7, 11) is 0. The molecule has 0 atom stereocenters. The molecular formula is C13H13N7O2. The summed E-state index contributed by atoms with van der Waals surface area (Å²) in [5, 5.41) is 20.5. The monoisotopic (exact) mass is 299 g/mol. The second-order valence-corrected chi connectivity index (χ2v) is 4.57. The molecule has 0 saturated carbocycles. The maximum atomic E-state index is 10.6. The van der Waals surface area contributed by atoms with Crippen molar-refractivity contribution in [3.63, 3.8) is 0 Å². The standard InChI is InChI=1S/C13H13N7O2/c21-20(22)12-8-19(9-14-12)7-6-11-16-13(18-17-11)15-10-4-2-1-3-5-10/h1-5,8-9H,6-7H2,(H2,15,16,17,18). The minimum Gasteiger partial charge on any atom is -0.358 e. The number of rotatable bonds is 6. The lowest BCUT2D eigenvalue weighted by molar-refractivity contribution is -0.389. The zero-order valence-electron chi connectivity index (χ0n) is 11.5. The number of anilines is 2. The fourth-order valence-corrected chi connectivity index (χ4v) is 1.91. The number of nitro groups is 1. The third-order valence-corrected chi connectivity index (χ3v) is 2.98. The van der Waals surface area contributed by atoms with E-state index in [4.69, 9.17) is 0 Å². The highest BCUT2D eigenvalue weighted by atomic mass is 16.6. The van der Waals surface area contributed by atoms with Crippen molar-refractivity contribution in [2.24, 2.45) is 0 Å². The van der Waals surface area contributed by atoms with Gasteiger partial charge in [0.2, 0.25) is 12.3 Å². The Hall–Kier alpha value is -3.23. The van der Waals surface area contributed by atoms with Crippen molar-refractivity contribution in [1.29, 1.82) is 0 Å². The average molecular weight is 299 g/mol. The molecule has 2 heterocycles. The molecule has 0 amide bonds. The number of aromatic amines is 1. The minimum absolute atomic E-state index is 0.163. The Bertz CT molecular complexity index is 766. The van der Waals surface area contributed by atoms with E-state index in [1.165, 1.54) is 12.5 Å². The first-order valence-corrected chi connectivity index (χ1v) is 6.60. The maximum absolute atomic E-state index is 10.6. The molecule has 112 valence electrons. The molecule has 0 bridgehead atoms. The summed E-state index contributed by atoms with van der Waals surface area (Å²) in [4.78, 5) is 18.0. The highest BCUT2D eigenvalue weighted by Crippen LogP contribution is 2.12. The lowest BCUT2D eigenvalue weighted by Gasteiger charge is -1.99. The molecule has 0 aliphatic heterocycles. The summed E-state index contributed by atoms with van der Waals surface area (Å²) >= 11 is 0. The molecule has 0 unspecified atom stereocenters. The van der Waals surface area contributed by atoms with Crippen molar-refractivity contribution < 1.29 is 4.92 Å². The Morgan fingerprint density at radius 3 is 2.86 bits per heavy atom. The van der Waals surface area contributed by atoms with Crippen LogP contribution in [-0.2, 0) is 13.0 Å². The molecule has 0 spiro atoms. The molecule has 22 heavy (non-hydrogen) atoms. The predicted octanol–water partition coefficient (Wildman–Crippen LogP) is 1.90. The van der Waals surface area contributed by atoms with Crippen LogP contribution in [0.25, 0.3) is 0 Å². The van der Waals surface area contributed by atoms with Crippen molar-refractivity contribution in [1.82, 2.24) is 24.7 Å². The van der Waals surface area contributed by atoms with Crippen LogP contribution in [0.2, 0.25) is 0 Å². The van der Waals surface area contributed by atoms with E-state index < -0.39 is 4.92 Å². The molecule has 2 aromatic heterocycles. The van der Waals surface area contributed by atoms with Crippen LogP contribution in [0.3, 0.4) is 0 Å². The van der Waals surface area contributed by atoms with Crippen LogP contribution in [-0.4, -0.2) is 29.7 Å². The van der Waals surface area contributed by atoms with Gasteiger partial charge in [-0.3, -0.25) is 5.10 Å². The molecule has 0 radical (unpaired) electrons. The number of nitrogens with one attached hydrogen (secondary N) is 2. The summed E-state index contributed by atoms with van der Waals surface area (Å²) in [5.41, 5.74) is 0.901. The quantitative estimate of drug-likeness (QED) is 0.530. The number of nitrogens with zero attached hydrogens (tertiary/aromatic N) is 5. The number of benzene rings is 1. The van der Waals surface area contributed by atoms with Gasteiger partial charge >= 0.3 is 5.82 Å². The first kappa shape index (κ1) is 13.7. The Morgan fingerprint density at radius 1 is 1.32 bits per heavy atom. The fourth-order valence-electron chi connectivity index (χ4n) is 1.91. The zero-order chi connectivity index (χ0) is 15.4. The Balaban J connectivity index is 1.58. The van der Waals surface area contributed by atoms with Gasteiger partial charge in [-0.05, 0) is 22.0 Å². The topological polar surface area (TPSA) is 115 Å². The van der Waals surface area contributed by atoms with Gasteiger partial charge in [-0.1, -0.05) is 18.2 Å². The number of aromatic nitrogens is 5. The van der Waals surface area contributed by atoms with Crippen molar-refractivity contribution >= 4 is 17.5 Å². The van der Waals surface area contributed by atoms with Crippen LogP contribution in [0.1, 0.15) is 5.82 Å². The van der Waals surface area contributed by atoms with Gasteiger partial charge in [-0.2, -0.15) is 4.98 Å². The van der Waals surface area contributed by atoms with Crippen molar-refractivity contribution in [2.75, 3.05) is 5.32 Å². The van der Waals surface area contributed by atoms with Crippen LogP contribution in [0, 0.1) is 10.1 Å². The van der Waals surface area contributed by atoms with E-state index in [9.17, 15) is 10.1 Å². The lowest BCUT2D eigenvalue weighted by Crippen LogP contribution is -2.00. The number of H-pyrrole nitrogens is 1. The van der Waals surface area contributed by atoms with E-state index >= 15 is 0 Å². The Morgan fingerprint density at radius 2 is 2.14 bits per heavy atom. The normalized spacial score (nSPS) is 10.5. The molecule has 0 fully saturated rings. The Labute approximate surface area is 125 Å². The summed E-state index contributed by atoms with van der Waals surface area (Å²) in [6.07, 6.45) is 3.38. The van der Waals surface area contributed by atoms with Gasteiger partial charge in [0, 0.05) is 18.7 Å². The van der Waals surface area contributed by atoms with E-state index in [0.717, 1.165) is 5.69 Å². The van der Waals surface area contributed by atoms with Crippen LogP contribution in [0.4, 0.5) is 17.5 Å². The Kier molecular flexibility index (Phi) is 3.77. The SMILES string of the molecule is O=[N+]([O-])c1cn(CCc2nc(Nc3ccccc3)n[nH]2)cn1. The number of hydrogen-bond acceptors (Lipinski definition) is 6. The van der Waals surface area contributed by atoms with Crippen molar-refractivity contribution in [2.45, 2.75) is 13.0 Å². The largest absolute Gasteiger partial charge is 0.381 e. The maximum Gasteiger partial charge on any atom is 0.381 e. The third-order valence-electron chi connectivity index (χ3n) is 2.98. The third kappa shape index (κ3) is 3.26. The molecule has 0 aliphatic rings. The summed E-state index contributed by atoms with van der Waals surface area (Å²) in [6, 6.07) is 9.60. The molecule has 9 nitrogen and oxygen atoms in total. The van der Waals surface area contributed by atoms with E-state index in [2.05, 4.69) is 25.5 Å². The second-order valence-electron chi connectivity index (χ2n) is 4.57.